The molecule has 0 saturated heterocycles. The van der Waals surface area contributed by atoms with Crippen LogP contribution in [0.1, 0.15) is 50.5 Å². The van der Waals surface area contributed by atoms with Crippen molar-refractivity contribution in [3.8, 4) is 5.75 Å². The molecule has 1 aromatic carbocycles. The lowest BCUT2D eigenvalue weighted by Gasteiger charge is -2.39. The third kappa shape index (κ3) is 3.98. The Hall–Kier alpha value is -2.57. The molecular formula is C19H25NO6. The summed E-state index contributed by atoms with van der Waals surface area (Å²) in [7, 11) is 1.28. The Bertz CT molecular complexity index is 760. The van der Waals surface area contributed by atoms with E-state index < -0.39 is 29.0 Å². The number of fused-ring (bicyclic) bond motifs is 1. The minimum absolute atomic E-state index is 0.278. The number of nitrogens with zero attached hydrogens (tertiary/aromatic N) is 1. The van der Waals surface area contributed by atoms with Gasteiger partial charge in [0, 0.05) is 0 Å². The molecule has 0 bridgehead atoms. The fourth-order valence-corrected chi connectivity index (χ4v) is 2.71. The first-order chi connectivity index (χ1) is 11.9. The van der Waals surface area contributed by atoms with Crippen LogP contribution < -0.4 is 9.64 Å². The summed E-state index contributed by atoms with van der Waals surface area (Å²) in [5.74, 6) is -1.05. The third-order valence-electron chi connectivity index (χ3n) is 3.83. The minimum Gasteiger partial charge on any atom is -0.476 e. The second kappa shape index (κ2) is 6.63. The third-order valence-corrected chi connectivity index (χ3v) is 3.83. The molecule has 1 aromatic rings. The zero-order chi connectivity index (χ0) is 19.9. The number of ether oxygens (including phenoxy) is 3. The Balaban J connectivity index is 2.49. The van der Waals surface area contributed by atoms with Gasteiger partial charge in [-0.05, 0) is 59.2 Å². The van der Waals surface area contributed by atoms with Crippen molar-refractivity contribution in [1.82, 2.24) is 0 Å². The molecule has 0 spiro atoms. The van der Waals surface area contributed by atoms with Crippen LogP contribution in [0.25, 0.3) is 0 Å². The highest BCUT2D eigenvalue weighted by Gasteiger charge is 2.42. The van der Waals surface area contributed by atoms with E-state index in [1.807, 2.05) is 0 Å². The number of carbonyl (C=O) groups is 3. The molecule has 142 valence electrons. The summed E-state index contributed by atoms with van der Waals surface area (Å²) >= 11 is 0. The van der Waals surface area contributed by atoms with Crippen molar-refractivity contribution in [2.75, 3.05) is 18.6 Å². The largest absolute Gasteiger partial charge is 0.476 e. The van der Waals surface area contributed by atoms with Crippen LogP contribution in [-0.2, 0) is 19.1 Å². The number of benzene rings is 1. The van der Waals surface area contributed by atoms with Crippen molar-refractivity contribution in [3.63, 3.8) is 0 Å². The first-order valence-electron chi connectivity index (χ1n) is 8.31. The van der Waals surface area contributed by atoms with E-state index in [0.717, 1.165) is 0 Å². The predicted octanol–water partition coefficient (Wildman–Crippen LogP) is 2.63. The zero-order valence-corrected chi connectivity index (χ0v) is 16.3. The van der Waals surface area contributed by atoms with Gasteiger partial charge in [-0.3, -0.25) is 14.5 Å². The smallest absolute Gasteiger partial charge is 0.338 e. The molecule has 1 aliphatic rings. The highest BCUT2D eigenvalue weighted by atomic mass is 16.6. The minimum atomic E-state index is -1.14. The number of amides is 1. The first-order valence-corrected chi connectivity index (χ1v) is 8.31. The Kier molecular flexibility index (Phi) is 5.03. The predicted molar refractivity (Wildman–Crippen MR) is 95.4 cm³/mol. The molecular weight excluding hydrogens is 338 g/mol. The number of anilines is 1. The summed E-state index contributed by atoms with van der Waals surface area (Å²) in [4.78, 5) is 38.4. The van der Waals surface area contributed by atoms with Crippen molar-refractivity contribution in [1.29, 1.82) is 0 Å². The van der Waals surface area contributed by atoms with Crippen LogP contribution in [0.4, 0.5) is 5.69 Å². The van der Waals surface area contributed by atoms with Gasteiger partial charge in [-0.1, -0.05) is 0 Å². The summed E-state index contributed by atoms with van der Waals surface area (Å²) in [6, 6.07) is 3.17. The van der Waals surface area contributed by atoms with Gasteiger partial charge in [0.2, 0.25) is 0 Å². The van der Waals surface area contributed by atoms with Gasteiger partial charge in [-0.15, -0.1) is 0 Å². The van der Waals surface area contributed by atoms with E-state index in [2.05, 4.69) is 0 Å². The van der Waals surface area contributed by atoms with E-state index in [1.165, 1.54) is 18.1 Å². The Morgan fingerprint density at radius 1 is 1.23 bits per heavy atom. The second-order valence-electron chi connectivity index (χ2n) is 7.72. The summed E-state index contributed by atoms with van der Waals surface area (Å²) in [6.07, 6.45) is 0. The van der Waals surface area contributed by atoms with Crippen LogP contribution in [0, 0.1) is 6.92 Å². The highest BCUT2D eigenvalue weighted by molar-refractivity contribution is 6.06. The van der Waals surface area contributed by atoms with Crippen molar-refractivity contribution in [3.05, 3.63) is 23.3 Å². The van der Waals surface area contributed by atoms with E-state index in [4.69, 9.17) is 14.2 Å². The maximum Gasteiger partial charge on any atom is 0.338 e. The molecule has 0 radical (unpaired) electrons. The van der Waals surface area contributed by atoms with E-state index in [9.17, 15) is 14.4 Å². The average molecular weight is 363 g/mol. The van der Waals surface area contributed by atoms with Crippen molar-refractivity contribution in [2.45, 2.75) is 52.7 Å². The van der Waals surface area contributed by atoms with Gasteiger partial charge in [-0.2, -0.15) is 0 Å². The molecule has 0 aromatic heterocycles. The molecule has 7 heteroatoms. The molecule has 0 aliphatic carbocycles. The maximum atomic E-state index is 12.8. The number of hydrogen-bond acceptors (Lipinski definition) is 6. The number of aryl methyl sites for hydroxylation is 1. The molecule has 0 fully saturated rings. The van der Waals surface area contributed by atoms with Crippen LogP contribution in [0.2, 0.25) is 0 Å². The van der Waals surface area contributed by atoms with Gasteiger partial charge >= 0.3 is 11.9 Å². The number of hydrogen-bond donors (Lipinski definition) is 0. The van der Waals surface area contributed by atoms with Gasteiger partial charge in [-0.25, -0.2) is 4.79 Å². The second-order valence-corrected chi connectivity index (χ2v) is 7.72. The number of carbonyl (C=O) groups excluding carboxylic acids is 3. The molecule has 26 heavy (non-hydrogen) atoms. The lowest BCUT2D eigenvalue weighted by Crippen LogP contribution is -2.54. The van der Waals surface area contributed by atoms with Crippen LogP contribution in [0.15, 0.2) is 12.1 Å². The first kappa shape index (κ1) is 19.8. The van der Waals surface area contributed by atoms with Crippen molar-refractivity contribution < 1.29 is 28.6 Å². The average Bonchev–Trinajstić information content (AvgIpc) is 2.48. The molecule has 0 atom stereocenters. The van der Waals surface area contributed by atoms with E-state index in [0.29, 0.717) is 22.6 Å². The van der Waals surface area contributed by atoms with Gasteiger partial charge in [0.15, 0.2) is 5.60 Å². The molecule has 0 N–H and O–H groups in total. The van der Waals surface area contributed by atoms with Gasteiger partial charge in [0.1, 0.15) is 17.9 Å². The molecule has 7 nitrogen and oxygen atoms in total. The van der Waals surface area contributed by atoms with Gasteiger partial charge in [0.05, 0.1) is 18.4 Å². The van der Waals surface area contributed by atoms with Crippen LogP contribution in [0.5, 0.6) is 5.75 Å². The SMILES string of the molecule is COC(=O)c1cc2c(cc1C)OC(C)(C)C(=O)N2CC(=O)OC(C)(C)C. The van der Waals surface area contributed by atoms with E-state index in [-0.39, 0.29) is 6.54 Å². The molecule has 1 heterocycles. The highest BCUT2D eigenvalue weighted by Crippen LogP contribution is 2.39. The quantitative estimate of drug-likeness (QED) is 0.768. The normalized spacial score (nSPS) is 15.8. The van der Waals surface area contributed by atoms with Crippen LogP contribution in [0.3, 0.4) is 0 Å². The monoisotopic (exact) mass is 363 g/mol. The topological polar surface area (TPSA) is 82.1 Å². The van der Waals surface area contributed by atoms with Crippen LogP contribution in [-0.4, -0.2) is 42.7 Å². The number of methoxy groups -OCH3 is 1. The summed E-state index contributed by atoms with van der Waals surface area (Å²) in [5, 5.41) is 0. The molecule has 1 amide bonds. The fraction of sp³-hybridized carbons (Fsp3) is 0.526. The fourth-order valence-electron chi connectivity index (χ4n) is 2.71. The molecule has 2 rings (SSSR count). The van der Waals surface area contributed by atoms with E-state index >= 15 is 0 Å². The van der Waals surface area contributed by atoms with Gasteiger partial charge in [0.25, 0.3) is 5.91 Å². The summed E-state index contributed by atoms with van der Waals surface area (Å²) < 4.78 is 15.9. The van der Waals surface area contributed by atoms with E-state index in [1.54, 1.807) is 47.6 Å². The zero-order valence-electron chi connectivity index (χ0n) is 16.3. The number of rotatable bonds is 3. The summed E-state index contributed by atoms with van der Waals surface area (Å²) in [6.45, 7) is 9.98. The van der Waals surface area contributed by atoms with Crippen LogP contribution >= 0.6 is 0 Å². The van der Waals surface area contributed by atoms with Gasteiger partial charge < -0.3 is 14.2 Å². The van der Waals surface area contributed by atoms with Crippen molar-refractivity contribution in [2.24, 2.45) is 0 Å². The Morgan fingerprint density at radius 2 is 1.85 bits per heavy atom. The maximum absolute atomic E-state index is 12.8. The lowest BCUT2D eigenvalue weighted by atomic mass is 10.0. The lowest BCUT2D eigenvalue weighted by molar-refractivity contribution is -0.154. The molecule has 0 saturated carbocycles. The Morgan fingerprint density at radius 3 is 2.38 bits per heavy atom. The number of esters is 2. The molecule has 0 unspecified atom stereocenters. The Labute approximate surface area is 153 Å². The summed E-state index contributed by atoms with van der Waals surface area (Å²) in [5.41, 5.74) is -0.524. The van der Waals surface area contributed by atoms with Crippen molar-refractivity contribution >= 4 is 23.5 Å². The standard InChI is InChI=1S/C19H25NO6/c1-11-8-14-13(9-12(11)16(22)24-7)20(17(23)19(5,6)25-14)10-15(21)26-18(2,3)4/h8-9H,10H2,1-7H3. The molecule has 1 aliphatic heterocycles.